The molecule has 0 atom stereocenters. The molecule has 1 rings (SSSR count). The minimum Gasteiger partial charge on any atom is -0.326 e. The Hall–Kier alpha value is -1.44. The van der Waals surface area contributed by atoms with Crippen molar-refractivity contribution in [2.45, 2.75) is 13.3 Å². The number of nitro groups is 1. The second kappa shape index (κ2) is 6.33. The number of carbonyl (C=O) groups is 1. The number of nitrogens with zero attached hydrogens (tertiary/aromatic N) is 1. The second-order valence-corrected chi connectivity index (χ2v) is 4.65. The van der Waals surface area contributed by atoms with E-state index in [1.54, 1.807) is 0 Å². The fraction of sp³-hybridized carbons (Fsp3) is 0.182. The lowest BCUT2D eigenvalue weighted by molar-refractivity contribution is -0.384. The maximum absolute atomic E-state index is 11.5. The van der Waals surface area contributed by atoms with Crippen molar-refractivity contribution in [1.29, 1.82) is 0 Å². The lowest BCUT2D eigenvalue weighted by Gasteiger charge is -2.04. The number of nitro benzene ring substituents is 1. The molecule has 0 aromatic heterocycles. The quantitative estimate of drug-likeness (QED) is 0.517. The number of halogens is 1. The summed E-state index contributed by atoms with van der Waals surface area (Å²) in [4.78, 5) is 21.5. The maximum Gasteiger partial charge on any atom is 0.269 e. The van der Waals surface area contributed by atoms with Gasteiger partial charge in [-0.3, -0.25) is 14.9 Å². The summed E-state index contributed by atoms with van der Waals surface area (Å²) in [5, 5.41) is 13.1. The number of hydrogen-bond acceptors (Lipinski definition) is 3. The summed E-state index contributed by atoms with van der Waals surface area (Å²) in [6.45, 7) is 1.86. The van der Waals surface area contributed by atoms with Gasteiger partial charge in [-0.25, -0.2) is 0 Å². The van der Waals surface area contributed by atoms with Crippen LogP contribution in [0.4, 0.5) is 11.4 Å². The van der Waals surface area contributed by atoms with E-state index in [0.29, 0.717) is 12.1 Å². The number of carbonyl (C=O) groups excluding carboxylic acids is 1. The number of benzene rings is 1. The molecule has 0 saturated carbocycles. The minimum atomic E-state index is -0.478. The predicted molar refractivity (Wildman–Crippen MR) is 74.1 cm³/mol. The fourth-order valence-corrected chi connectivity index (χ4v) is 1.47. The Morgan fingerprint density at radius 2 is 2.06 bits per heavy atom. The van der Waals surface area contributed by atoms with Gasteiger partial charge in [-0.2, -0.15) is 0 Å². The Morgan fingerprint density at radius 1 is 1.47 bits per heavy atom. The van der Waals surface area contributed by atoms with E-state index in [1.165, 1.54) is 24.3 Å². The van der Waals surface area contributed by atoms with E-state index in [2.05, 4.69) is 27.9 Å². The summed E-state index contributed by atoms with van der Waals surface area (Å²) >= 11 is 2.09. The Bertz CT molecular complexity index is 454. The van der Waals surface area contributed by atoms with Crippen LogP contribution in [-0.2, 0) is 4.79 Å². The van der Waals surface area contributed by atoms with Crippen LogP contribution in [-0.4, -0.2) is 10.8 Å². The van der Waals surface area contributed by atoms with E-state index in [1.807, 2.05) is 13.0 Å². The van der Waals surface area contributed by atoms with Crippen LogP contribution in [0.5, 0.6) is 0 Å². The van der Waals surface area contributed by atoms with Gasteiger partial charge in [-0.05, 0) is 45.2 Å². The van der Waals surface area contributed by atoms with Gasteiger partial charge in [0.05, 0.1) is 11.3 Å². The van der Waals surface area contributed by atoms with Crippen molar-refractivity contribution < 1.29 is 9.72 Å². The van der Waals surface area contributed by atoms with Gasteiger partial charge >= 0.3 is 0 Å². The Labute approximate surface area is 112 Å². The summed E-state index contributed by atoms with van der Waals surface area (Å²) in [6.07, 6.45) is 2.17. The number of non-ortho nitro benzene ring substituents is 1. The standard InChI is InChI=1S/C11H11IN2O3/c1-2-8(12)7-11(15)13-9-3-5-10(6-4-9)14(16)17/h2-6H,7H2,1H3,(H,13,15)/b8-2-. The molecule has 6 heteroatoms. The van der Waals surface area contributed by atoms with Crippen LogP contribution in [0.25, 0.3) is 0 Å². The lowest BCUT2D eigenvalue weighted by Crippen LogP contribution is -2.10. The molecule has 1 aromatic rings. The first-order valence-electron chi connectivity index (χ1n) is 4.88. The third-order valence-electron chi connectivity index (χ3n) is 2.00. The highest BCUT2D eigenvalue weighted by molar-refractivity contribution is 14.1. The van der Waals surface area contributed by atoms with Crippen molar-refractivity contribution in [2.75, 3.05) is 5.32 Å². The normalized spacial score (nSPS) is 11.1. The average Bonchev–Trinajstić information content (AvgIpc) is 2.29. The van der Waals surface area contributed by atoms with Gasteiger partial charge in [-0.1, -0.05) is 6.08 Å². The van der Waals surface area contributed by atoms with Crippen LogP contribution in [0, 0.1) is 10.1 Å². The molecular weight excluding hydrogens is 335 g/mol. The monoisotopic (exact) mass is 346 g/mol. The molecule has 0 saturated heterocycles. The van der Waals surface area contributed by atoms with E-state index in [-0.39, 0.29) is 11.6 Å². The summed E-state index contributed by atoms with van der Waals surface area (Å²) < 4.78 is 0.946. The summed E-state index contributed by atoms with van der Waals surface area (Å²) in [6, 6.07) is 5.74. The molecule has 1 amide bonds. The molecule has 5 nitrogen and oxygen atoms in total. The van der Waals surface area contributed by atoms with Crippen LogP contribution >= 0.6 is 22.6 Å². The molecule has 0 fully saturated rings. The van der Waals surface area contributed by atoms with Gasteiger partial charge < -0.3 is 5.32 Å². The third-order valence-corrected chi connectivity index (χ3v) is 3.01. The van der Waals surface area contributed by atoms with Crippen LogP contribution in [0.15, 0.2) is 33.9 Å². The van der Waals surface area contributed by atoms with E-state index >= 15 is 0 Å². The smallest absolute Gasteiger partial charge is 0.269 e. The number of rotatable bonds is 4. The van der Waals surface area contributed by atoms with Crippen LogP contribution in [0.2, 0.25) is 0 Å². The highest BCUT2D eigenvalue weighted by Crippen LogP contribution is 2.17. The number of allylic oxidation sites excluding steroid dienone is 1. The van der Waals surface area contributed by atoms with Crippen molar-refractivity contribution >= 4 is 39.9 Å². The van der Waals surface area contributed by atoms with Crippen molar-refractivity contribution in [2.24, 2.45) is 0 Å². The summed E-state index contributed by atoms with van der Waals surface area (Å²) in [7, 11) is 0. The molecule has 90 valence electrons. The van der Waals surface area contributed by atoms with Crippen molar-refractivity contribution in [3.8, 4) is 0 Å². The SMILES string of the molecule is C/C=C(\I)CC(=O)Nc1ccc([N+](=O)[O-])cc1. The molecule has 0 bridgehead atoms. The lowest BCUT2D eigenvalue weighted by atomic mass is 10.2. The van der Waals surface area contributed by atoms with Gasteiger partial charge in [0.25, 0.3) is 5.69 Å². The Balaban J connectivity index is 2.63. The van der Waals surface area contributed by atoms with E-state index in [9.17, 15) is 14.9 Å². The summed E-state index contributed by atoms with van der Waals surface area (Å²) in [5.41, 5.74) is 0.562. The minimum absolute atomic E-state index is 0.00559. The number of hydrogen-bond donors (Lipinski definition) is 1. The first-order chi connectivity index (χ1) is 8.02. The zero-order valence-corrected chi connectivity index (χ0v) is 11.3. The molecule has 17 heavy (non-hydrogen) atoms. The topological polar surface area (TPSA) is 72.2 Å². The van der Waals surface area contributed by atoms with Crippen LogP contribution in [0.1, 0.15) is 13.3 Å². The Kier molecular flexibility index (Phi) is 5.08. The zero-order valence-electron chi connectivity index (χ0n) is 9.14. The van der Waals surface area contributed by atoms with E-state index in [0.717, 1.165) is 3.58 Å². The maximum atomic E-state index is 11.5. The number of amides is 1. The largest absolute Gasteiger partial charge is 0.326 e. The van der Waals surface area contributed by atoms with E-state index < -0.39 is 4.92 Å². The van der Waals surface area contributed by atoms with Gasteiger partial charge in [0.15, 0.2) is 0 Å². The van der Waals surface area contributed by atoms with Crippen LogP contribution in [0.3, 0.4) is 0 Å². The average molecular weight is 346 g/mol. The Morgan fingerprint density at radius 3 is 2.53 bits per heavy atom. The van der Waals surface area contributed by atoms with Crippen molar-refractivity contribution in [3.05, 3.63) is 44.0 Å². The highest BCUT2D eigenvalue weighted by atomic mass is 127. The molecule has 1 N–H and O–H groups in total. The van der Waals surface area contributed by atoms with Gasteiger partial charge in [-0.15, -0.1) is 0 Å². The van der Waals surface area contributed by atoms with E-state index in [4.69, 9.17) is 0 Å². The molecule has 0 spiro atoms. The van der Waals surface area contributed by atoms with Gasteiger partial charge in [0, 0.05) is 17.8 Å². The molecular formula is C11H11IN2O3. The molecule has 0 aliphatic heterocycles. The highest BCUT2D eigenvalue weighted by Gasteiger charge is 2.06. The van der Waals surface area contributed by atoms with Gasteiger partial charge in [0.1, 0.15) is 0 Å². The zero-order chi connectivity index (χ0) is 12.8. The van der Waals surface area contributed by atoms with Crippen molar-refractivity contribution in [1.82, 2.24) is 0 Å². The molecule has 0 radical (unpaired) electrons. The summed E-state index contributed by atoms with van der Waals surface area (Å²) in [5.74, 6) is -0.138. The van der Waals surface area contributed by atoms with Gasteiger partial charge in [0.2, 0.25) is 5.91 Å². The van der Waals surface area contributed by atoms with Crippen molar-refractivity contribution in [3.63, 3.8) is 0 Å². The molecule has 0 aliphatic rings. The number of anilines is 1. The predicted octanol–water partition coefficient (Wildman–Crippen LogP) is 3.26. The second-order valence-electron chi connectivity index (χ2n) is 3.26. The fourth-order valence-electron chi connectivity index (χ4n) is 1.13. The molecule has 0 aliphatic carbocycles. The number of nitrogens with one attached hydrogen (secondary N) is 1. The first-order valence-corrected chi connectivity index (χ1v) is 5.96. The molecule has 0 unspecified atom stereocenters. The third kappa shape index (κ3) is 4.51. The molecule has 0 heterocycles. The molecule has 1 aromatic carbocycles. The first kappa shape index (κ1) is 13.6. The van der Waals surface area contributed by atoms with Crippen LogP contribution < -0.4 is 5.32 Å².